The molecule has 1 heterocycles. The van der Waals surface area contributed by atoms with Crippen molar-refractivity contribution in [3.05, 3.63) is 100 Å². The monoisotopic (exact) mass is 494 g/mol. The summed E-state index contributed by atoms with van der Waals surface area (Å²) in [6.45, 7) is 2.09. The molecule has 0 fully saturated rings. The minimum absolute atomic E-state index is 0.198. The summed E-state index contributed by atoms with van der Waals surface area (Å²) in [5.74, 6) is 0.565. The topological polar surface area (TPSA) is 58.2 Å². The van der Waals surface area contributed by atoms with Crippen LogP contribution >= 0.6 is 15.9 Å². The first kappa shape index (κ1) is 20.3. The molecule has 1 aliphatic heterocycles. The zero-order valence-corrected chi connectivity index (χ0v) is 19.4. The molecule has 5 rings (SSSR count). The summed E-state index contributed by atoms with van der Waals surface area (Å²) in [6, 6.07) is 21.4. The van der Waals surface area contributed by atoms with Gasteiger partial charge >= 0.3 is 0 Å². The molecule has 0 unspecified atom stereocenters. The molecule has 4 nitrogen and oxygen atoms in total. The lowest BCUT2D eigenvalue weighted by atomic mass is 9.77. The van der Waals surface area contributed by atoms with E-state index in [-0.39, 0.29) is 16.9 Å². The lowest BCUT2D eigenvalue weighted by Gasteiger charge is -2.37. The van der Waals surface area contributed by atoms with Crippen LogP contribution in [0.4, 0.5) is 11.4 Å². The van der Waals surface area contributed by atoms with E-state index in [9.17, 15) is 8.42 Å². The first-order valence-corrected chi connectivity index (χ1v) is 12.6. The van der Waals surface area contributed by atoms with Crippen LogP contribution in [0.2, 0.25) is 0 Å². The second kappa shape index (κ2) is 7.84. The molecule has 2 N–H and O–H groups in total. The van der Waals surface area contributed by atoms with Crippen LogP contribution in [-0.2, 0) is 10.0 Å². The fourth-order valence-electron chi connectivity index (χ4n) is 4.61. The normalized spacial score (nSPS) is 21.8. The second-order valence-corrected chi connectivity index (χ2v) is 10.8. The Hall–Kier alpha value is -2.57. The van der Waals surface area contributed by atoms with Crippen LogP contribution in [0.25, 0.3) is 0 Å². The Morgan fingerprint density at radius 2 is 1.84 bits per heavy atom. The van der Waals surface area contributed by atoms with Gasteiger partial charge in [0.05, 0.1) is 10.9 Å². The van der Waals surface area contributed by atoms with E-state index in [0.717, 1.165) is 22.1 Å². The van der Waals surface area contributed by atoms with E-state index in [4.69, 9.17) is 0 Å². The molecule has 0 radical (unpaired) electrons. The Kier molecular flexibility index (Phi) is 5.15. The van der Waals surface area contributed by atoms with Gasteiger partial charge in [0.15, 0.2) is 0 Å². The molecule has 3 aromatic rings. The van der Waals surface area contributed by atoms with Crippen molar-refractivity contribution >= 4 is 37.3 Å². The number of nitrogens with one attached hydrogen (secondary N) is 2. The number of hydrogen-bond acceptors (Lipinski definition) is 3. The molecule has 0 aromatic heterocycles. The molecule has 1 aliphatic carbocycles. The van der Waals surface area contributed by atoms with E-state index < -0.39 is 10.0 Å². The summed E-state index contributed by atoms with van der Waals surface area (Å²) in [7, 11) is -3.69. The predicted molar refractivity (Wildman–Crippen MR) is 129 cm³/mol. The molecule has 3 aromatic carbocycles. The molecule has 2 aliphatic rings. The van der Waals surface area contributed by atoms with Crippen molar-refractivity contribution in [2.24, 2.45) is 5.92 Å². The number of aryl methyl sites for hydroxylation is 1. The first-order valence-electron chi connectivity index (χ1n) is 10.3. The lowest BCUT2D eigenvalue weighted by molar-refractivity contribution is 0.425. The summed E-state index contributed by atoms with van der Waals surface area (Å²) in [5, 5.41) is 3.68. The number of rotatable bonds is 4. The van der Waals surface area contributed by atoms with E-state index in [2.05, 4.69) is 69.3 Å². The van der Waals surface area contributed by atoms with Crippen LogP contribution in [-0.4, -0.2) is 8.42 Å². The summed E-state index contributed by atoms with van der Waals surface area (Å²) in [4.78, 5) is 0.279. The van der Waals surface area contributed by atoms with E-state index >= 15 is 0 Å². The van der Waals surface area contributed by atoms with Gasteiger partial charge in [0, 0.05) is 21.8 Å². The molecule has 6 heteroatoms. The Morgan fingerprint density at radius 1 is 1.03 bits per heavy atom. The standard InChI is InChI=1S/C25H23BrN2O2S/c1-16-8-10-17(11-9-16)25-22-7-3-6-21(22)23-15-20(12-13-24(23)27-25)31(29,30)28-19-5-2-4-18(26)14-19/h2-6,8-15,21-22,25,27-28H,7H2,1H3/t21-,22+,25+/m0/s1. The van der Waals surface area contributed by atoms with E-state index in [1.807, 2.05) is 18.2 Å². The molecule has 0 amide bonds. The Balaban J connectivity index is 1.49. The largest absolute Gasteiger partial charge is 0.378 e. The van der Waals surface area contributed by atoms with Gasteiger partial charge in [-0.25, -0.2) is 8.42 Å². The van der Waals surface area contributed by atoms with Gasteiger partial charge in [-0.1, -0.05) is 64.0 Å². The molecule has 0 spiro atoms. The number of hydrogen-bond donors (Lipinski definition) is 2. The van der Waals surface area contributed by atoms with Gasteiger partial charge in [-0.15, -0.1) is 0 Å². The van der Waals surface area contributed by atoms with E-state index in [1.165, 1.54) is 11.1 Å². The highest BCUT2D eigenvalue weighted by Gasteiger charge is 2.38. The van der Waals surface area contributed by atoms with Gasteiger partial charge in [0.25, 0.3) is 10.0 Å². The highest BCUT2D eigenvalue weighted by Crippen LogP contribution is 2.50. The van der Waals surface area contributed by atoms with Crippen LogP contribution in [0.1, 0.15) is 35.1 Å². The SMILES string of the molecule is Cc1ccc([C@H]2Nc3ccc(S(=O)(=O)Nc4cccc(Br)c4)cc3[C@H]3C=CC[C@H]32)cc1. The third kappa shape index (κ3) is 3.90. The summed E-state index contributed by atoms with van der Waals surface area (Å²) >= 11 is 3.38. The van der Waals surface area contributed by atoms with Crippen LogP contribution in [0.15, 0.2) is 88.3 Å². The number of anilines is 2. The van der Waals surface area contributed by atoms with Gasteiger partial charge in [0.2, 0.25) is 0 Å². The molecule has 0 bridgehead atoms. The summed E-state index contributed by atoms with van der Waals surface area (Å²) in [6.07, 6.45) is 5.42. The predicted octanol–water partition coefficient (Wildman–Crippen LogP) is 6.38. The molecular formula is C25H23BrN2O2S. The molecular weight excluding hydrogens is 472 g/mol. The fourth-order valence-corrected chi connectivity index (χ4v) is 6.09. The van der Waals surface area contributed by atoms with Crippen LogP contribution in [0.3, 0.4) is 0 Å². The van der Waals surface area contributed by atoms with Gasteiger partial charge in [-0.2, -0.15) is 0 Å². The number of sulfonamides is 1. The third-order valence-electron chi connectivity index (χ3n) is 6.16. The maximum Gasteiger partial charge on any atom is 0.261 e. The van der Waals surface area contributed by atoms with Crippen molar-refractivity contribution in [1.29, 1.82) is 0 Å². The van der Waals surface area contributed by atoms with Crippen molar-refractivity contribution in [3.63, 3.8) is 0 Å². The third-order valence-corrected chi connectivity index (χ3v) is 8.03. The number of fused-ring (bicyclic) bond motifs is 3. The smallest absolute Gasteiger partial charge is 0.261 e. The molecule has 0 saturated carbocycles. The second-order valence-electron chi connectivity index (χ2n) is 8.25. The Morgan fingerprint density at radius 3 is 2.61 bits per heavy atom. The highest BCUT2D eigenvalue weighted by atomic mass is 79.9. The van der Waals surface area contributed by atoms with Crippen molar-refractivity contribution in [2.45, 2.75) is 30.2 Å². The van der Waals surface area contributed by atoms with Gasteiger partial charge in [0.1, 0.15) is 0 Å². The molecule has 3 atom stereocenters. The number of halogens is 1. The number of benzene rings is 3. The van der Waals surface area contributed by atoms with Crippen LogP contribution < -0.4 is 10.0 Å². The maximum atomic E-state index is 13.0. The van der Waals surface area contributed by atoms with Crippen LogP contribution in [0, 0.1) is 12.8 Å². The van der Waals surface area contributed by atoms with Crippen molar-refractivity contribution in [1.82, 2.24) is 0 Å². The summed E-state index contributed by atoms with van der Waals surface area (Å²) < 4.78 is 29.6. The zero-order chi connectivity index (χ0) is 21.6. The van der Waals surface area contributed by atoms with E-state index in [0.29, 0.717) is 11.6 Å². The van der Waals surface area contributed by atoms with Crippen molar-refractivity contribution in [3.8, 4) is 0 Å². The molecule has 31 heavy (non-hydrogen) atoms. The first-order chi connectivity index (χ1) is 14.9. The minimum atomic E-state index is -3.69. The highest BCUT2D eigenvalue weighted by molar-refractivity contribution is 9.10. The summed E-state index contributed by atoms with van der Waals surface area (Å²) in [5.41, 5.74) is 5.08. The zero-order valence-electron chi connectivity index (χ0n) is 17.0. The lowest BCUT2D eigenvalue weighted by Crippen LogP contribution is -2.29. The molecule has 0 saturated heterocycles. The molecule has 158 valence electrons. The van der Waals surface area contributed by atoms with Crippen LogP contribution in [0.5, 0.6) is 0 Å². The fraction of sp³-hybridized carbons (Fsp3) is 0.200. The average molecular weight is 495 g/mol. The minimum Gasteiger partial charge on any atom is -0.378 e. The van der Waals surface area contributed by atoms with Crippen molar-refractivity contribution < 1.29 is 8.42 Å². The van der Waals surface area contributed by atoms with Gasteiger partial charge in [-0.05, 0) is 66.8 Å². The van der Waals surface area contributed by atoms with Gasteiger partial charge < -0.3 is 5.32 Å². The quantitative estimate of drug-likeness (QED) is 0.413. The Labute approximate surface area is 191 Å². The maximum absolute atomic E-state index is 13.0. The van der Waals surface area contributed by atoms with Gasteiger partial charge in [-0.3, -0.25) is 4.72 Å². The average Bonchev–Trinajstić information content (AvgIpc) is 3.23. The van der Waals surface area contributed by atoms with E-state index in [1.54, 1.807) is 24.3 Å². The van der Waals surface area contributed by atoms with Crippen molar-refractivity contribution in [2.75, 3.05) is 10.0 Å². The number of allylic oxidation sites excluding steroid dienone is 2. The Bertz CT molecular complexity index is 1270.